The summed E-state index contributed by atoms with van der Waals surface area (Å²) in [5.74, 6) is -0.323. The zero-order chi connectivity index (χ0) is 14.0. The Morgan fingerprint density at radius 3 is 2.63 bits per heavy atom. The maximum atomic E-state index is 14.2. The molecule has 0 fully saturated rings. The second-order valence-corrected chi connectivity index (χ2v) is 5.19. The van der Waals surface area contributed by atoms with Crippen LogP contribution in [0.1, 0.15) is 30.0 Å². The first-order valence-electron chi connectivity index (χ1n) is 6.61. The molecule has 0 saturated heterocycles. The van der Waals surface area contributed by atoms with Crippen molar-refractivity contribution in [2.24, 2.45) is 10.9 Å². The lowest BCUT2D eigenvalue weighted by Gasteiger charge is -2.21. The van der Waals surface area contributed by atoms with E-state index in [0.717, 1.165) is 22.4 Å². The molecule has 19 heavy (non-hydrogen) atoms. The molecule has 1 nitrogen and oxygen atoms in total. The van der Waals surface area contributed by atoms with Crippen LogP contribution in [-0.4, -0.2) is 12.8 Å². The molecule has 0 aromatic heterocycles. The van der Waals surface area contributed by atoms with E-state index >= 15 is 0 Å². The third kappa shape index (κ3) is 2.83. The van der Waals surface area contributed by atoms with Crippen LogP contribution in [0.25, 0.3) is 0 Å². The number of hydrogen-bond acceptors (Lipinski definition) is 1. The topological polar surface area (TPSA) is 12.4 Å². The summed E-state index contributed by atoms with van der Waals surface area (Å²) in [4.78, 5) is 4.37. The van der Waals surface area contributed by atoms with E-state index < -0.39 is 0 Å². The van der Waals surface area contributed by atoms with E-state index in [-0.39, 0.29) is 11.7 Å². The average Bonchev–Trinajstić information content (AvgIpc) is 2.36. The Balaban J connectivity index is 2.42. The summed E-state index contributed by atoms with van der Waals surface area (Å²) >= 11 is 0. The van der Waals surface area contributed by atoms with Crippen LogP contribution < -0.4 is 0 Å². The Morgan fingerprint density at radius 1 is 1.26 bits per heavy atom. The Labute approximate surface area is 114 Å². The molecule has 0 saturated carbocycles. The van der Waals surface area contributed by atoms with Crippen LogP contribution in [0.5, 0.6) is 0 Å². The first-order valence-corrected chi connectivity index (χ1v) is 6.61. The fourth-order valence-electron chi connectivity index (χ4n) is 2.51. The van der Waals surface area contributed by atoms with Crippen molar-refractivity contribution >= 4 is 5.71 Å². The lowest BCUT2D eigenvalue weighted by atomic mass is 9.86. The molecule has 100 valence electrons. The number of aryl methyl sites for hydroxylation is 2. The van der Waals surface area contributed by atoms with Gasteiger partial charge in [-0.05, 0) is 50.5 Å². The molecule has 1 aromatic carbocycles. The highest BCUT2D eigenvalue weighted by atomic mass is 19.1. The molecule has 0 N–H and O–H groups in total. The number of benzene rings is 1. The summed E-state index contributed by atoms with van der Waals surface area (Å²) < 4.78 is 14.2. The van der Waals surface area contributed by atoms with Gasteiger partial charge in [0, 0.05) is 7.05 Å². The van der Waals surface area contributed by atoms with E-state index in [1.54, 1.807) is 13.1 Å². The Morgan fingerprint density at radius 2 is 2.00 bits per heavy atom. The maximum Gasteiger partial charge on any atom is 0.110 e. The Hall–Kier alpha value is -1.70. The van der Waals surface area contributed by atoms with E-state index in [2.05, 4.69) is 29.3 Å². The number of rotatable bonds is 2. The summed E-state index contributed by atoms with van der Waals surface area (Å²) in [6, 6.07) is 6.24. The smallest absolute Gasteiger partial charge is 0.110 e. The van der Waals surface area contributed by atoms with Gasteiger partial charge >= 0.3 is 0 Å². The Kier molecular flexibility index (Phi) is 3.98. The van der Waals surface area contributed by atoms with Crippen molar-refractivity contribution in [1.29, 1.82) is 0 Å². The van der Waals surface area contributed by atoms with Crippen molar-refractivity contribution in [3.63, 3.8) is 0 Å². The minimum Gasteiger partial charge on any atom is -0.292 e. The fraction of sp³-hybridized carbons (Fsp3) is 0.353. The molecule has 2 heteroatoms. The fourth-order valence-corrected chi connectivity index (χ4v) is 2.51. The third-order valence-corrected chi connectivity index (χ3v) is 3.61. The normalized spacial score (nSPS) is 20.1. The Bertz CT molecular complexity index is 579. The van der Waals surface area contributed by atoms with Gasteiger partial charge in [-0.2, -0.15) is 0 Å². The number of allylic oxidation sites excluding steroid dienone is 4. The second-order valence-electron chi connectivity index (χ2n) is 5.19. The van der Waals surface area contributed by atoms with Crippen molar-refractivity contribution in [1.82, 2.24) is 0 Å². The van der Waals surface area contributed by atoms with Gasteiger partial charge < -0.3 is 0 Å². The first-order chi connectivity index (χ1) is 9.02. The molecule has 0 heterocycles. The standard InChI is InChI=1S/C17H20FN/c1-11-5-7-13(3)15(9-11)17(19-4)14-8-6-12(2)10-16(14)18/h5-7,9-10,14H,8H2,1-4H3. The summed E-state index contributed by atoms with van der Waals surface area (Å²) in [5.41, 5.74) is 5.21. The van der Waals surface area contributed by atoms with Crippen LogP contribution in [0.2, 0.25) is 0 Å². The highest BCUT2D eigenvalue weighted by Gasteiger charge is 2.24. The van der Waals surface area contributed by atoms with Gasteiger partial charge in [0.1, 0.15) is 5.83 Å². The second kappa shape index (κ2) is 5.52. The quantitative estimate of drug-likeness (QED) is 0.690. The van der Waals surface area contributed by atoms with Gasteiger partial charge in [0.05, 0.1) is 11.6 Å². The van der Waals surface area contributed by atoms with Gasteiger partial charge in [0.15, 0.2) is 0 Å². The van der Waals surface area contributed by atoms with Crippen LogP contribution in [0.4, 0.5) is 4.39 Å². The van der Waals surface area contributed by atoms with Gasteiger partial charge in [0.2, 0.25) is 0 Å². The molecule has 0 spiro atoms. The molecule has 2 rings (SSSR count). The molecule has 0 radical (unpaired) electrons. The van der Waals surface area contributed by atoms with Crippen molar-refractivity contribution in [2.75, 3.05) is 7.05 Å². The predicted octanol–water partition coefficient (Wildman–Crippen LogP) is 4.54. The van der Waals surface area contributed by atoms with Crippen LogP contribution in [-0.2, 0) is 0 Å². The maximum absolute atomic E-state index is 14.2. The lowest BCUT2D eigenvalue weighted by molar-refractivity contribution is 0.537. The summed E-state index contributed by atoms with van der Waals surface area (Å²) in [6.07, 6.45) is 4.38. The average molecular weight is 257 g/mol. The number of halogens is 1. The van der Waals surface area contributed by atoms with Gasteiger partial charge in [-0.1, -0.05) is 29.3 Å². The van der Waals surface area contributed by atoms with E-state index in [1.807, 2.05) is 20.8 Å². The van der Waals surface area contributed by atoms with Gasteiger partial charge in [-0.25, -0.2) is 4.39 Å². The molecule has 1 atom stereocenters. The number of hydrogen-bond donors (Lipinski definition) is 0. The van der Waals surface area contributed by atoms with E-state index in [1.165, 1.54) is 5.56 Å². The molecule has 1 aliphatic carbocycles. The van der Waals surface area contributed by atoms with E-state index in [9.17, 15) is 4.39 Å². The first kappa shape index (κ1) is 13.7. The van der Waals surface area contributed by atoms with Crippen molar-refractivity contribution in [3.8, 4) is 0 Å². The van der Waals surface area contributed by atoms with Crippen LogP contribution in [0.15, 0.2) is 46.7 Å². The monoisotopic (exact) mass is 257 g/mol. The van der Waals surface area contributed by atoms with Crippen LogP contribution in [0.3, 0.4) is 0 Å². The molecule has 1 unspecified atom stereocenters. The molecule has 1 aliphatic rings. The minimum atomic E-state index is -0.241. The molecule has 1 aromatic rings. The van der Waals surface area contributed by atoms with E-state index in [0.29, 0.717) is 6.42 Å². The number of nitrogens with zero attached hydrogens (tertiary/aromatic N) is 1. The number of aliphatic imine (C=N–C) groups is 1. The largest absolute Gasteiger partial charge is 0.292 e. The highest BCUT2D eigenvalue weighted by molar-refractivity contribution is 6.05. The van der Waals surface area contributed by atoms with Crippen molar-refractivity contribution in [2.45, 2.75) is 27.2 Å². The zero-order valence-electron chi connectivity index (χ0n) is 12.0. The van der Waals surface area contributed by atoms with E-state index in [4.69, 9.17) is 0 Å². The molecular formula is C17H20FN. The molecule has 0 aliphatic heterocycles. The third-order valence-electron chi connectivity index (χ3n) is 3.61. The predicted molar refractivity (Wildman–Crippen MR) is 79.4 cm³/mol. The van der Waals surface area contributed by atoms with Gasteiger partial charge in [0.25, 0.3) is 0 Å². The molecule has 0 bridgehead atoms. The van der Waals surface area contributed by atoms with Crippen molar-refractivity contribution in [3.05, 3.63) is 58.4 Å². The highest BCUT2D eigenvalue weighted by Crippen LogP contribution is 2.30. The summed E-state index contributed by atoms with van der Waals surface area (Å²) in [6.45, 7) is 6.02. The van der Waals surface area contributed by atoms with Crippen LogP contribution in [0, 0.1) is 19.8 Å². The summed E-state index contributed by atoms with van der Waals surface area (Å²) in [5, 5.41) is 0. The molecular weight excluding hydrogens is 237 g/mol. The lowest BCUT2D eigenvalue weighted by Crippen LogP contribution is -2.19. The van der Waals surface area contributed by atoms with Crippen LogP contribution >= 0.6 is 0 Å². The zero-order valence-corrected chi connectivity index (χ0v) is 12.0. The van der Waals surface area contributed by atoms with Gasteiger partial charge in [-0.3, -0.25) is 4.99 Å². The van der Waals surface area contributed by atoms with Crippen molar-refractivity contribution < 1.29 is 4.39 Å². The van der Waals surface area contributed by atoms with Gasteiger partial charge in [-0.15, -0.1) is 0 Å². The molecule has 0 amide bonds. The minimum absolute atomic E-state index is 0.0819. The summed E-state index contributed by atoms with van der Waals surface area (Å²) in [7, 11) is 1.75. The SMILES string of the molecule is CN=C(c1cc(C)ccc1C)C1CC=C(C)C=C1F.